The highest BCUT2D eigenvalue weighted by Gasteiger charge is 2.31. The van der Waals surface area contributed by atoms with Crippen molar-refractivity contribution in [2.45, 2.75) is 32.0 Å². The topological polar surface area (TPSA) is 97.6 Å². The summed E-state index contributed by atoms with van der Waals surface area (Å²) in [7, 11) is 1.58. The molecule has 1 heterocycles. The zero-order valence-electron chi connectivity index (χ0n) is 23.7. The van der Waals surface area contributed by atoms with E-state index in [0.29, 0.717) is 12.3 Å². The zero-order valence-corrected chi connectivity index (χ0v) is 23.7. The lowest BCUT2D eigenvalue weighted by atomic mass is 10.0. The fourth-order valence-electron chi connectivity index (χ4n) is 4.69. The number of amides is 2. The maximum Gasteiger partial charge on any atom is 0.243 e. The third-order valence-corrected chi connectivity index (χ3v) is 6.98. The molecule has 0 bridgehead atoms. The number of nitrogens with one attached hydrogen (secondary N) is 1. The maximum absolute atomic E-state index is 14.3. The highest BCUT2D eigenvalue weighted by atomic mass is 19.1. The molecule has 0 aliphatic heterocycles. The van der Waals surface area contributed by atoms with E-state index in [1.54, 1.807) is 31.4 Å². The van der Waals surface area contributed by atoms with Crippen molar-refractivity contribution in [1.29, 1.82) is 0 Å². The van der Waals surface area contributed by atoms with E-state index in [4.69, 9.17) is 9.26 Å². The molecule has 0 spiro atoms. The molecule has 1 aromatic heterocycles. The van der Waals surface area contributed by atoms with E-state index in [9.17, 15) is 14.0 Å². The molecule has 0 unspecified atom stereocenters. The molecule has 4 aromatic carbocycles. The molecule has 5 rings (SSSR count). The Bertz CT molecular complexity index is 1640. The first-order valence-corrected chi connectivity index (χ1v) is 13.9. The second-order valence-electron chi connectivity index (χ2n) is 9.95. The lowest BCUT2D eigenvalue weighted by molar-refractivity contribution is -0.141. The lowest BCUT2D eigenvalue weighted by Gasteiger charge is -2.31. The van der Waals surface area contributed by atoms with Gasteiger partial charge in [0, 0.05) is 19.5 Å². The fourth-order valence-corrected chi connectivity index (χ4v) is 4.69. The average molecular weight is 579 g/mol. The number of benzene rings is 4. The van der Waals surface area contributed by atoms with Crippen LogP contribution in [0.4, 0.5) is 4.39 Å². The smallest absolute Gasteiger partial charge is 0.243 e. The largest absolute Gasteiger partial charge is 0.497 e. The van der Waals surface area contributed by atoms with E-state index in [-0.39, 0.29) is 42.6 Å². The Hall–Kier alpha value is -5.31. The Morgan fingerprint density at radius 2 is 1.51 bits per heavy atom. The van der Waals surface area contributed by atoms with Crippen LogP contribution in [0.2, 0.25) is 0 Å². The minimum atomic E-state index is -0.852. The van der Waals surface area contributed by atoms with Crippen LogP contribution in [0.25, 0.3) is 11.4 Å². The van der Waals surface area contributed by atoms with Crippen molar-refractivity contribution >= 4 is 11.8 Å². The van der Waals surface area contributed by atoms with Crippen LogP contribution in [0.5, 0.6) is 5.75 Å². The van der Waals surface area contributed by atoms with Crippen LogP contribution in [0.15, 0.2) is 114 Å². The van der Waals surface area contributed by atoms with Crippen LogP contribution in [0, 0.1) is 5.82 Å². The van der Waals surface area contributed by atoms with E-state index in [1.807, 2.05) is 72.8 Å². The molecular weight excluding hydrogens is 547 g/mol. The number of aromatic nitrogens is 2. The summed E-state index contributed by atoms with van der Waals surface area (Å²) in [5, 5.41) is 6.89. The molecular formula is C34H31FN4O4. The van der Waals surface area contributed by atoms with Gasteiger partial charge >= 0.3 is 0 Å². The van der Waals surface area contributed by atoms with Gasteiger partial charge in [0.15, 0.2) is 0 Å². The Morgan fingerprint density at radius 3 is 2.19 bits per heavy atom. The monoisotopic (exact) mass is 578 g/mol. The van der Waals surface area contributed by atoms with E-state index in [1.165, 1.54) is 17.0 Å². The van der Waals surface area contributed by atoms with E-state index >= 15 is 0 Å². The summed E-state index contributed by atoms with van der Waals surface area (Å²) in [5.74, 6) is -0.451. The first-order chi connectivity index (χ1) is 21.0. The normalized spacial score (nSPS) is 11.5. The van der Waals surface area contributed by atoms with Gasteiger partial charge in [-0.2, -0.15) is 4.98 Å². The number of ether oxygens (including phenoxy) is 1. The molecule has 9 heteroatoms. The number of rotatable bonds is 12. The molecule has 5 aromatic rings. The summed E-state index contributed by atoms with van der Waals surface area (Å²) >= 11 is 0. The summed E-state index contributed by atoms with van der Waals surface area (Å²) in [6, 6.07) is 31.6. The number of hydrogen-bond acceptors (Lipinski definition) is 6. The third-order valence-electron chi connectivity index (χ3n) is 6.98. The quantitative estimate of drug-likeness (QED) is 0.213. The van der Waals surface area contributed by atoms with Gasteiger partial charge in [-0.05, 0) is 41.0 Å². The van der Waals surface area contributed by atoms with E-state index in [0.717, 1.165) is 16.7 Å². The van der Waals surface area contributed by atoms with Gasteiger partial charge in [0.25, 0.3) is 0 Å². The van der Waals surface area contributed by atoms with Crippen molar-refractivity contribution in [3.8, 4) is 17.1 Å². The molecule has 0 radical (unpaired) electrons. The maximum atomic E-state index is 14.3. The summed E-state index contributed by atoms with van der Waals surface area (Å²) in [5.41, 5.74) is 2.81. The van der Waals surface area contributed by atoms with E-state index in [2.05, 4.69) is 15.5 Å². The van der Waals surface area contributed by atoms with Gasteiger partial charge in [0.05, 0.1) is 12.7 Å². The second-order valence-corrected chi connectivity index (χ2v) is 9.95. The minimum absolute atomic E-state index is 0.0196. The molecule has 1 atom stereocenters. The van der Waals surface area contributed by atoms with Crippen LogP contribution < -0.4 is 10.1 Å². The first kappa shape index (κ1) is 29.2. The van der Waals surface area contributed by atoms with Crippen LogP contribution >= 0.6 is 0 Å². The Labute approximate surface area is 249 Å². The number of methoxy groups -OCH3 is 1. The van der Waals surface area contributed by atoms with Crippen molar-refractivity contribution in [2.75, 3.05) is 7.11 Å². The van der Waals surface area contributed by atoms with Gasteiger partial charge in [-0.15, -0.1) is 0 Å². The number of hydrogen-bond donors (Lipinski definition) is 1. The first-order valence-electron chi connectivity index (χ1n) is 13.9. The lowest BCUT2D eigenvalue weighted by Crippen LogP contribution is -2.50. The molecule has 1 N–H and O–H groups in total. The van der Waals surface area contributed by atoms with Gasteiger partial charge in [-0.25, -0.2) is 4.39 Å². The van der Waals surface area contributed by atoms with Crippen LogP contribution in [-0.2, 0) is 35.5 Å². The predicted octanol–water partition coefficient (Wildman–Crippen LogP) is 5.38. The zero-order chi connectivity index (χ0) is 30.0. The summed E-state index contributed by atoms with van der Waals surface area (Å²) in [6.07, 6.45) is 0.0164. The SMILES string of the molecule is COc1ccc(CN(C(=O)Cc2nc(-c3ccccc3F)no2)[C@@H](Cc2ccccc2)C(=O)NCc2ccccc2)cc1. The Kier molecular flexibility index (Phi) is 9.53. The molecule has 43 heavy (non-hydrogen) atoms. The molecule has 0 saturated carbocycles. The molecule has 0 saturated heterocycles. The average Bonchev–Trinajstić information content (AvgIpc) is 3.51. The molecule has 8 nitrogen and oxygen atoms in total. The number of halogens is 1. The van der Waals surface area contributed by atoms with Crippen molar-refractivity contribution in [1.82, 2.24) is 20.4 Å². The predicted molar refractivity (Wildman–Crippen MR) is 159 cm³/mol. The van der Waals surface area contributed by atoms with Crippen LogP contribution in [0.3, 0.4) is 0 Å². The molecule has 0 aliphatic carbocycles. The Morgan fingerprint density at radius 1 is 0.860 bits per heavy atom. The van der Waals surface area contributed by atoms with Crippen LogP contribution in [0.1, 0.15) is 22.6 Å². The number of carbonyl (C=O) groups excluding carboxylic acids is 2. The molecule has 2 amide bonds. The molecule has 0 fully saturated rings. The van der Waals surface area contributed by atoms with Gasteiger partial charge < -0.3 is 19.5 Å². The fraction of sp³-hybridized carbons (Fsp3) is 0.176. The second kappa shape index (κ2) is 14.0. The van der Waals surface area contributed by atoms with Gasteiger partial charge in [0.1, 0.15) is 24.0 Å². The molecule has 0 aliphatic rings. The summed E-state index contributed by atoms with van der Waals surface area (Å²) in [4.78, 5) is 33.6. The number of carbonyl (C=O) groups is 2. The third kappa shape index (κ3) is 7.71. The van der Waals surface area contributed by atoms with Crippen molar-refractivity contribution in [3.63, 3.8) is 0 Å². The summed E-state index contributed by atoms with van der Waals surface area (Å²) in [6.45, 7) is 0.457. The van der Waals surface area contributed by atoms with Crippen molar-refractivity contribution < 1.29 is 23.2 Å². The number of nitrogens with zero attached hydrogens (tertiary/aromatic N) is 3. The molecule has 218 valence electrons. The van der Waals surface area contributed by atoms with Gasteiger partial charge in [-0.3, -0.25) is 9.59 Å². The standard InChI is InChI=1S/C34H31FN4O4/c1-42-27-18-16-26(17-19-27)23-39(32(40)21-31-37-33(38-43-31)28-14-8-9-15-29(28)35)30(20-24-10-4-2-5-11-24)34(41)36-22-25-12-6-3-7-13-25/h2-19,30H,20-23H2,1H3,(H,36,41)/t30-/m0/s1. The minimum Gasteiger partial charge on any atom is -0.497 e. The highest BCUT2D eigenvalue weighted by Crippen LogP contribution is 2.21. The van der Waals surface area contributed by atoms with Gasteiger partial charge in [-0.1, -0.05) is 90.1 Å². The highest BCUT2D eigenvalue weighted by molar-refractivity contribution is 5.88. The summed E-state index contributed by atoms with van der Waals surface area (Å²) < 4.78 is 25.0. The van der Waals surface area contributed by atoms with Gasteiger partial charge in [0.2, 0.25) is 23.5 Å². The van der Waals surface area contributed by atoms with Crippen molar-refractivity contribution in [3.05, 3.63) is 138 Å². The Balaban J connectivity index is 1.44. The van der Waals surface area contributed by atoms with Crippen molar-refractivity contribution in [2.24, 2.45) is 0 Å². The van der Waals surface area contributed by atoms with E-state index < -0.39 is 17.8 Å². The van der Waals surface area contributed by atoms with Crippen LogP contribution in [-0.4, -0.2) is 40.0 Å².